The van der Waals surface area contributed by atoms with Crippen molar-refractivity contribution in [1.29, 1.82) is 0 Å². The summed E-state index contributed by atoms with van der Waals surface area (Å²) in [5.74, 6) is -0.579. The van der Waals surface area contributed by atoms with Crippen LogP contribution in [0.5, 0.6) is 0 Å². The molecule has 0 aliphatic rings. The van der Waals surface area contributed by atoms with E-state index in [1.807, 2.05) is 60.7 Å². The smallest absolute Gasteiger partial charge is 0.254 e. The first-order chi connectivity index (χ1) is 12.1. The van der Waals surface area contributed by atoms with Crippen molar-refractivity contribution in [1.82, 2.24) is 0 Å². The van der Waals surface area contributed by atoms with Crippen LogP contribution < -0.4 is 11.3 Å². The van der Waals surface area contributed by atoms with E-state index in [9.17, 15) is 4.79 Å². The summed E-state index contributed by atoms with van der Waals surface area (Å²) in [6.07, 6.45) is 0. The Hall–Kier alpha value is -2.92. The molecule has 0 saturated heterocycles. The summed E-state index contributed by atoms with van der Waals surface area (Å²) in [6.45, 7) is 0. The van der Waals surface area contributed by atoms with Gasteiger partial charge in [-0.25, -0.2) is 4.99 Å². The van der Waals surface area contributed by atoms with Crippen molar-refractivity contribution < 1.29 is 9.21 Å². The molecule has 0 unspecified atom stereocenters. The predicted molar refractivity (Wildman–Crippen MR) is 102 cm³/mol. The summed E-state index contributed by atoms with van der Waals surface area (Å²) in [5.41, 5.74) is 7.35. The molecule has 0 spiro atoms. The fourth-order valence-corrected chi connectivity index (χ4v) is 3.15. The van der Waals surface area contributed by atoms with Crippen molar-refractivity contribution >= 4 is 49.3 Å². The van der Waals surface area contributed by atoms with Crippen molar-refractivity contribution in [2.75, 3.05) is 0 Å². The largest absolute Gasteiger partial charge is 0.438 e. The summed E-state index contributed by atoms with van der Waals surface area (Å²) in [6, 6.07) is 21.0. The number of nitrogens with zero attached hydrogens (tertiary/aromatic N) is 1. The Morgan fingerprint density at radius 1 is 0.960 bits per heavy atom. The van der Waals surface area contributed by atoms with Crippen LogP contribution in [0.1, 0.15) is 10.4 Å². The normalized spacial score (nSPS) is 12.0. The fourth-order valence-electron chi connectivity index (χ4n) is 2.78. The van der Waals surface area contributed by atoms with Gasteiger partial charge < -0.3 is 10.2 Å². The zero-order valence-electron chi connectivity index (χ0n) is 13.1. The van der Waals surface area contributed by atoms with Gasteiger partial charge in [-0.3, -0.25) is 4.79 Å². The average molecular weight is 393 g/mol. The molecule has 25 heavy (non-hydrogen) atoms. The first kappa shape index (κ1) is 15.6. The van der Waals surface area contributed by atoms with Crippen LogP contribution in [-0.4, -0.2) is 5.91 Å². The van der Waals surface area contributed by atoms with E-state index in [4.69, 9.17) is 10.2 Å². The van der Waals surface area contributed by atoms with Gasteiger partial charge in [-0.05, 0) is 35.7 Å². The maximum absolute atomic E-state index is 11.9. The molecule has 4 rings (SSSR count). The molecule has 0 bridgehead atoms. The van der Waals surface area contributed by atoms with Gasteiger partial charge in [0.2, 0.25) is 5.55 Å². The van der Waals surface area contributed by atoms with Crippen LogP contribution in [0.15, 0.2) is 80.6 Å². The van der Waals surface area contributed by atoms with E-state index in [2.05, 4.69) is 20.9 Å². The molecule has 1 amide bonds. The lowest BCUT2D eigenvalue weighted by atomic mass is 10.1. The molecule has 1 heterocycles. The van der Waals surface area contributed by atoms with Crippen LogP contribution in [0.2, 0.25) is 0 Å². The molecule has 4 nitrogen and oxygen atoms in total. The van der Waals surface area contributed by atoms with E-state index in [-0.39, 0.29) is 11.1 Å². The highest BCUT2D eigenvalue weighted by molar-refractivity contribution is 9.10. The molecule has 1 aromatic heterocycles. The third kappa shape index (κ3) is 2.94. The number of nitrogens with two attached hydrogens (primary N) is 1. The molecule has 5 heteroatoms. The van der Waals surface area contributed by atoms with Crippen LogP contribution in [0.25, 0.3) is 21.7 Å². The van der Waals surface area contributed by atoms with Crippen LogP contribution in [0, 0.1) is 0 Å². The van der Waals surface area contributed by atoms with Gasteiger partial charge >= 0.3 is 0 Å². The van der Waals surface area contributed by atoms with Crippen molar-refractivity contribution in [2.45, 2.75) is 0 Å². The molecular formula is C20H13BrN2O2. The van der Waals surface area contributed by atoms with Gasteiger partial charge in [0.25, 0.3) is 5.91 Å². The van der Waals surface area contributed by atoms with Gasteiger partial charge in [0.15, 0.2) is 0 Å². The maximum Gasteiger partial charge on any atom is 0.254 e. The van der Waals surface area contributed by atoms with Crippen LogP contribution in [0.4, 0.5) is 5.69 Å². The Kier molecular flexibility index (Phi) is 3.86. The molecule has 3 aromatic carbocycles. The Balaban J connectivity index is 2.04. The quantitative estimate of drug-likeness (QED) is 0.537. The minimum absolute atomic E-state index is 0.207. The number of halogens is 1. The minimum atomic E-state index is -0.579. The molecule has 122 valence electrons. The van der Waals surface area contributed by atoms with E-state index in [0.717, 1.165) is 26.3 Å². The lowest BCUT2D eigenvalue weighted by Gasteiger charge is -2.04. The number of amides is 1. The first-order valence-electron chi connectivity index (χ1n) is 7.67. The molecular weight excluding hydrogens is 380 g/mol. The zero-order chi connectivity index (χ0) is 17.4. The Bertz CT molecular complexity index is 1190. The number of carbonyl (C=O) groups is 1. The van der Waals surface area contributed by atoms with Crippen LogP contribution in [-0.2, 0) is 0 Å². The number of primary amides is 1. The summed E-state index contributed by atoms with van der Waals surface area (Å²) in [4.78, 5) is 16.5. The van der Waals surface area contributed by atoms with Gasteiger partial charge in [0.1, 0.15) is 11.1 Å². The maximum atomic E-state index is 11.9. The second kappa shape index (κ2) is 6.18. The SMILES string of the molecule is NC(=O)c1cc2cc(Br)ccc2oc1=Nc1cccc2ccccc12. The van der Waals surface area contributed by atoms with Gasteiger partial charge in [-0.1, -0.05) is 52.3 Å². The van der Waals surface area contributed by atoms with Crippen molar-refractivity contribution in [3.05, 3.63) is 82.3 Å². The Morgan fingerprint density at radius 3 is 2.60 bits per heavy atom. The Morgan fingerprint density at radius 2 is 1.76 bits per heavy atom. The molecule has 2 N–H and O–H groups in total. The summed E-state index contributed by atoms with van der Waals surface area (Å²) in [7, 11) is 0. The second-order valence-corrected chi connectivity index (χ2v) is 6.54. The highest BCUT2D eigenvalue weighted by Crippen LogP contribution is 2.25. The van der Waals surface area contributed by atoms with Crippen molar-refractivity contribution in [3.63, 3.8) is 0 Å². The third-order valence-corrected chi connectivity index (χ3v) is 4.46. The lowest BCUT2D eigenvalue weighted by molar-refractivity contribution is 0.0996. The summed E-state index contributed by atoms with van der Waals surface area (Å²) >= 11 is 3.41. The monoisotopic (exact) mass is 392 g/mol. The van der Waals surface area contributed by atoms with E-state index in [0.29, 0.717) is 5.58 Å². The fraction of sp³-hybridized carbons (Fsp3) is 0. The number of hydrogen-bond acceptors (Lipinski definition) is 3. The zero-order valence-corrected chi connectivity index (χ0v) is 14.7. The van der Waals surface area contributed by atoms with E-state index in [1.54, 1.807) is 6.07 Å². The van der Waals surface area contributed by atoms with Crippen LogP contribution in [0.3, 0.4) is 0 Å². The second-order valence-electron chi connectivity index (χ2n) is 5.62. The summed E-state index contributed by atoms with van der Waals surface area (Å²) < 4.78 is 6.77. The van der Waals surface area contributed by atoms with Crippen LogP contribution >= 0.6 is 15.9 Å². The van der Waals surface area contributed by atoms with E-state index < -0.39 is 5.91 Å². The standard InChI is InChI=1S/C20H13BrN2O2/c21-14-8-9-18-13(10-14)11-16(19(22)24)20(25-18)23-17-7-3-5-12-4-1-2-6-15(12)17/h1-11H,(H2,22,24). The number of carbonyl (C=O) groups excluding carboxylic acids is 1. The molecule has 0 aliphatic heterocycles. The van der Waals surface area contributed by atoms with E-state index >= 15 is 0 Å². The first-order valence-corrected chi connectivity index (χ1v) is 8.47. The van der Waals surface area contributed by atoms with Crippen molar-refractivity contribution in [3.8, 4) is 0 Å². The topological polar surface area (TPSA) is 68.6 Å². The third-order valence-electron chi connectivity index (χ3n) is 3.96. The number of hydrogen-bond donors (Lipinski definition) is 1. The molecule has 0 atom stereocenters. The highest BCUT2D eigenvalue weighted by Gasteiger charge is 2.10. The predicted octanol–water partition coefficient (Wildman–Crippen LogP) is 4.68. The molecule has 0 aliphatic carbocycles. The highest BCUT2D eigenvalue weighted by atomic mass is 79.9. The number of benzene rings is 3. The molecule has 4 aromatic rings. The van der Waals surface area contributed by atoms with Gasteiger partial charge in [-0.2, -0.15) is 0 Å². The van der Waals surface area contributed by atoms with Gasteiger partial charge in [0.05, 0.1) is 5.69 Å². The minimum Gasteiger partial charge on any atom is -0.438 e. The van der Waals surface area contributed by atoms with Gasteiger partial charge in [0, 0.05) is 15.2 Å². The average Bonchev–Trinajstić information content (AvgIpc) is 2.61. The molecule has 0 saturated carbocycles. The Labute approximate surface area is 151 Å². The summed E-state index contributed by atoms with van der Waals surface area (Å²) in [5, 5.41) is 2.82. The van der Waals surface area contributed by atoms with Crippen molar-refractivity contribution in [2.24, 2.45) is 10.7 Å². The lowest BCUT2D eigenvalue weighted by Crippen LogP contribution is -2.21. The number of fused-ring (bicyclic) bond motifs is 2. The van der Waals surface area contributed by atoms with E-state index in [1.165, 1.54) is 0 Å². The molecule has 0 radical (unpaired) electrons. The molecule has 0 fully saturated rings. The number of rotatable bonds is 2. The van der Waals surface area contributed by atoms with Gasteiger partial charge in [-0.15, -0.1) is 0 Å².